The van der Waals surface area contributed by atoms with Crippen LogP contribution in [0.3, 0.4) is 0 Å². The Balaban J connectivity index is 1.77. The largest absolute Gasteiger partial charge is 0.491 e. The second-order valence-electron chi connectivity index (χ2n) is 6.99. The lowest BCUT2D eigenvalue weighted by molar-refractivity contribution is 0.0827. The van der Waals surface area contributed by atoms with Crippen molar-refractivity contribution in [3.05, 3.63) is 65.2 Å². The number of aliphatic imine (C=N–C) groups is 1. The molecule has 2 rings (SSSR count). The van der Waals surface area contributed by atoms with Gasteiger partial charge in [0.25, 0.3) is 5.91 Å². The lowest BCUT2D eigenvalue weighted by Crippen LogP contribution is -2.37. The zero-order chi connectivity index (χ0) is 21.8. The van der Waals surface area contributed by atoms with Crippen molar-refractivity contribution in [3.63, 3.8) is 0 Å². The molecule has 0 aliphatic carbocycles. The molecule has 0 unspecified atom stereocenters. The van der Waals surface area contributed by atoms with Gasteiger partial charge in [0.1, 0.15) is 12.4 Å². The van der Waals surface area contributed by atoms with Gasteiger partial charge in [-0.05, 0) is 41.8 Å². The summed E-state index contributed by atoms with van der Waals surface area (Å²) in [7, 11) is 6.92. The summed E-state index contributed by atoms with van der Waals surface area (Å²) in [6, 6.07) is 15.7. The van der Waals surface area contributed by atoms with Gasteiger partial charge in [-0.15, -0.1) is 0 Å². The van der Waals surface area contributed by atoms with Gasteiger partial charge in [-0.2, -0.15) is 0 Å². The van der Waals surface area contributed by atoms with Gasteiger partial charge < -0.3 is 25.0 Å². The van der Waals surface area contributed by atoms with Crippen LogP contribution in [0.2, 0.25) is 0 Å². The van der Waals surface area contributed by atoms with Crippen LogP contribution in [0.15, 0.2) is 53.5 Å². The van der Waals surface area contributed by atoms with Crippen LogP contribution >= 0.6 is 0 Å². The molecule has 2 aromatic rings. The minimum atomic E-state index is 0.0115. The predicted molar refractivity (Wildman–Crippen MR) is 120 cm³/mol. The third-order valence-corrected chi connectivity index (χ3v) is 4.45. The molecule has 0 bridgehead atoms. The number of carbonyl (C=O) groups excluding carboxylic acids is 1. The highest BCUT2D eigenvalue weighted by Gasteiger charge is 2.08. The van der Waals surface area contributed by atoms with Crippen molar-refractivity contribution in [1.29, 1.82) is 0 Å². The van der Waals surface area contributed by atoms with E-state index in [2.05, 4.69) is 15.6 Å². The number of amides is 1. The summed E-state index contributed by atoms with van der Waals surface area (Å²) in [6.45, 7) is 2.48. The first-order valence-electron chi connectivity index (χ1n) is 9.99. The van der Waals surface area contributed by atoms with Crippen LogP contribution in [0.4, 0.5) is 0 Å². The molecule has 1 amide bonds. The number of methoxy groups -OCH3 is 1. The van der Waals surface area contributed by atoms with E-state index in [4.69, 9.17) is 9.47 Å². The molecule has 2 N–H and O–H groups in total. The average Bonchev–Trinajstić information content (AvgIpc) is 2.76. The van der Waals surface area contributed by atoms with Crippen molar-refractivity contribution in [2.45, 2.75) is 13.0 Å². The molecular formula is C23H32N4O3. The second-order valence-corrected chi connectivity index (χ2v) is 6.99. The minimum absolute atomic E-state index is 0.0115. The Morgan fingerprint density at radius 2 is 1.80 bits per heavy atom. The highest BCUT2D eigenvalue weighted by Crippen LogP contribution is 2.12. The van der Waals surface area contributed by atoms with Crippen molar-refractivity contribution < 1.29 is 14.3 Å². The predicted octanol–water partition coefficient (Wildman–Crippen LogP) is 2.32. The summed E-state index contributed by atoms with van der Waals surface area (Å²) in [5.74, 6) is 1.57. The number of benzene rings is 2. The fourth-order valence-electron chi connectivity index (χ4n) is 2.80. The molecule has 0 radical (unpaired) electrons. The highest BCUT2D eigenvalue weighted by molar-refractivity contribution is 5.94. The molecule has 0 fully saturated rings. The van der Waals surface area contributed by atoms with E-state index in [-0.39, 0.29) is 5.91 Å². The number of carbonyl (C=O) groups is 1. The SMILES string of the molecule is CN=C(NCCc1cccc(C(=O)N(C)C)c1)NCc1ccc(OCCOC)cc1. The minimum Gasteiger partial charge on any atom is -0.491 e. The summed E-state index contributed by atoms with van der Waals surface area (Å²) in [5.41, 5.74) is 2.94. The fraction of sp³-hybridized carbons (Fsp3) is 0.391. The monoisotopic (exact) mass is 412 g/mol. The molecular weight excluding hydrogens is 380 g/mol. The van der Waals surface area contributed by atoms with E-state index in [1.165, 1.54) is 0 Å². The first-order chi connectivity index (χ1) is 14.5. The van der Waals surface area contributed by atoms with Crippen LogP contribution in [-0.2, 0) is 17.7 Å². The van der Waals surface area contributed by atoms with Crippen LogP contribution in [0.5, 0.6) is 5.75 Å². The third-order valence-electron chi connectivity index (χ3n) is 4.45. The lowest BCUT2D eigenvalue weighted by atomic mass is 10.1. The molecule has 0 aliphatic rings. The molecule has 7 nitrogen and oxygen atoms in total. The van der Waals surface area contributed by atoms with E-state index >= 15 is 0 Å². The van der Waals surface area contributed by atoms with Gasteiger partial charge in [-0.25, -0.2) is 0 Å². The van der Waals surface area contributed by atoms with E-state index in [9.17, 15) is 4.79 Å². The first-order valence-corrected chi connectivity index (χ1v) is 9.99. The Bertz CT molecular complexity index is 819. The molecule has 0 spiro atoms. The summed E-state index contributed by atoms with van der Waals surface area (Å²) >= 11 is 0. The van der Waals surface area contributed by atoms with Crippen molar-refractivity contribution >= 4 is 11.9 Å². The molecule has 0 saturated carbocycles. The lowest BCUT2D eigenvalue weighted by Gasteiger charge is -2.13. The van der Waals surface area contributed by atoms with Crippen LogP contribution in [0.25, 0.3) is 0 Å². The smallest absolute Gasteiger partial charge is 0.253 e. The second kappa shape index (κ2) is 12.5. The number of rotatable bonds is 10. The number of hydrogen-bond acceptors (Lipinski definition) is 4. The van der Waals surface area contributed by atoms with Crippen molar-refractivity contribution in [2.24, 2.45) is 4.99 Å². The van der Waals surface area contributed by atoms with Gasteiger partial charge in [0, 0.05) is 46.9 Å². The van der Waals surface area contributed by atoms with Gasteiger partial charge in [0.15, 0.2) is 5.96 Å². The molecule has 0 saturated heterocycles. The van der Waals surface area contributed by atoms with Crippen LogP contribution < -0.4 is 15.4 Å². The molecule has 7 heteroatoms. The van der Waals surface area contributed by atoms with Crippen molar-refractivity contribution in [3.8, 4) is 5.75 Å². The molecule has 30 heavy (non-hydrogen) atoms. The quantitative estimate of drug-likeness (QED) is 0.356. The van der Waals surface area contributed by atoms with Crippen molar-refractivity contribution in [1.82, 2.24) is 15.5 Å². The standard InChI is InChI=1S/C23H32N4O3/c1-24-23(26-17-19-8-10-21(11-9-19)30-15-14-29-4)25-13-12-18-6-5-7-20(16-18)22(28)27(2)3/h5-11,16H,12-15,17H2,1-4H3,(H2,24,25,26). The van der Waals surface area contributed by atoms with E-state index in [0.29, 0.717) is 31.9 Å². The first kappa shape index (κ1) is 23.2. The highest BCUT2D eigenvalue weighted by atomic mass is 16.5. The van der Waals surface area contributed by atoms with E-state index in [0.717, 1.165) is 29.3 Å². The van der Waals surface area contributed by atoms with Crippen molar-refractivity contribution in [2.75, 3.05) is 48.0 Å². The maximum atomic E-state index is 12.1. The maximum absolute atomic E-state index is 12.1. The Kier molecular flexibility index (Phi) is 9.67. The summed E-state index contributed by atoms with van der Waals surface area (Å²) < 4.78 is 10.6. The number of nitrogens with zero attached hydrogens (tertiary/aromatic N) is 2. The Morgan fingerprint density at radius 3 is 2.47 bits per heavy atom. The van der Waals surface area contributed by atoms with Gasteiger partial charge in [-0.1, -0.05) is 24.3 Å². The number of nitrogens with one attached hydrogen (secondary N) is 2. The topological polar surface area (TPSA) is 75.2 Å². The Morgan fingerprint density at radius 1 is 1.03 bits per heavy atom. The Hall–Kier alpha value is -3.06. The molecule has 162 valence electrons. The summed E-state index contributed by atoms with van der Waals surface area (Å²) in [6.07, 6.45) is 0.794. The summed E-state index contributed by atoms with van der Waals surface area (Å²) in [5, 5.41) is 6.62. The number of guanidine groups is 1. The van der Waals surface area contributed by atoms with E-state index in [1.807, 2.05) is 48.5 Å². The van der Waals surface area contributed by atoms with Gasteiger partial charge >= 0.3 is 0 Å². The van der Waals surface area contributed by atoms with Crippen LogP contribution in [-0.4, -0.2) is 64.8 Å². The third kappa shape index (κ3) is 7.75. The number of hydrogen-bond donors (Lipinski definition) is 2. The van der Waals surface area contributed by atoms with Gasteiger partial charge in [-0.3, -0.25) is 9.79 Å². The Labute approximate surface area is 179 Å². The van der Waals surface area contributed by atoms with Gasteiger partial charge in [0.05, 0.1) is 6.61 Å². The van der Waals surface area contributed by atoms with Crippen LogP contribution in [0, 0.1) is 0 Å². The molecule has 0 heterocycles. The number of ether oxygens (including phenoxy) is 2. The van der Waals surface area contributed by atoms with E-state index < -0.39 is 0 Å². The van der Waals surface area contributed by atoms with Crippen LogP contribution in [0.1, 0.15) is 21.5 Å². The average molecular weight is 413 g/mol. The normalized spacial score (nSPS) is 11.1. The molecule has 0 atom stereocenters. The molecule has 0 aromatic heterocycles. The summed E-state index contributed by atoms with van der Waals surface area (Å²) in [4.78, 5) is 17.9. The van der Waals surface area contributed by atoms with Gasteiger partial charge in [0.2, 0.25) is 0 Å². The zero-order valence-electron chi connectivity index (χ0n) is 18.3. The zero-order valence-corrected chi connectivity index (χ0v) is 18.3. The fourth-order valence-corrected chi connectivity index (χ4v) is 2.80. The molecule has 2 aromatic carbocycles. The van der Waals surface area contributed by atoms with E-state index in [1.54, 1.807) is 33.2 Å². The molecule has 0 aliphatic heterocycles. The maximum Gasteiger partial charge on any atom is 0.253 e.